The Morgan fingerprint density at radius 3 is 2.48 bits per heavy atom. The van der Waals surface area contributed by atoms with Crippen LogP contribution in [-0.4, -0.2) is 30.1 Å². The van der Waals surface area contributed by atoms with Gasteiger partial charge in [-0.25, -0.2) is 14.8 Å². The number of rotatable bonds is 5. The van der Waals surface area contributed by atoms with Crippen molar-refractivity contribution in [2.45, 2.75) is 26.8 Å². The molecule has 1 heterocycles. The van der Waals surface area contributed by atoms with Crippen LogP contribution in [0.25, 0.3) is 0 Å². The minimum Gasteiger partial charge on any atom is -0.363 e. The summed E-state index contributed by atoms with van der Waals surface area (Å²) in [6.07, 6.45) is 0.978. The molecule has 2 N–H and O–H groups in total. The summed E-state index contributed by atoms with van der Waals surface area (Å²) >= 11 is 0. The zero-order valence-corrected chi connectivity index (χ0v) is 14.1. The van der Waals surface area contributed by atoms with Crippen LogP contribution in [0.4, 0.5) is 16.3 Å². The van der Waals surface area contributed by atoms with Crippen LogP contribution < -0.4 is 15.5 Å². The van der Waals surface area contributed by atoms with Crippen LogP contribution in [0, 0.1) is 6.92 Å². The van der Waals surface area contributed by atoms with E-state index < -0.39 is 0 Å². The van der Waals surface area contributed by atoms with Crippen molar-refractivity contribution in [3.05, 3.63) is 47.4 Å². The third-order valence-electron chi connectivity index (χ3n) is 3.37. The second-order valence-electron chi connectivity index (χ2n) is 5.54. The van der Waals surface area contributed by atoms with E-state index >= 15 is 0 Å². The Kier molecular flexibility index (Phi) is 5.51. The molecule has 122 valence electrons. The molecule has 0 saturated heterocycles. The quantitative estimate of drug-likeness (QED) is 0.890. The highest BCUT2D eigenvalue weighted by Crippen LogP contribution is 2.11. The third-order valence-corrected chi connectivity index (χ3v) is 3.37. The molecule has 0 atom stereocenters. The largest absolute Gasteiger partial charge is 0.363 e. The fourth-order valence-electron chi connectivity index (χ4n) is 2.08. The Hall–Kier alpha value is -2.63. The Balaban J connectivity index is 1.93. The number of amides is 2. The van der Waals surface area contributed by atoms with Gasteiger partial charge in [-0.1, -0.05) is 19.1 Å². The van der Waals surface area contributed by atoms with Crippen molar-refractivity contribution < 1.29 is 4.79 Å². The predicted molar refractivity (Wildman–Crippen MR) is 92.8 cm³/mol. The van der Waals surface area contributed by atoms with Crippen LogP contribution in [0.3, 0.4) is 0 Å². The highest BCUT2D eigenvalue weighted by atomic mass is 16.2. The molecule has 0 aliphatic rings. The molecule has 0 bridgehead atoms. The standard InChI is InChI=1S/C17H23N5O/c1-5-13-6-8-14(9-7-13)20-17(23)18-11-15-19-12(2)10-16(21-15)22(3)4/h6-10H,5,11H2,1-4H3,(H2,18,20,23). The van der Waals surface area contributed by atoms with Crippen molar-refractivity contribution >= 4 is 17.5 Å². The summed E-state index contributed by atoms with van der Waals surface area (Å²) in [5.41, 5.74) is 2.87. The average molecular weight is 313 g/mol. The number of carbonyl (C=O) groups excluding carboxylic acids is 1. The van der Waals surface area contributed by atoms with Gasteiger partial charge in [0.2, 0.25) is 0 Å². The molecule has 23 heavy (non-hydrogen) atoms. The molecule has 2 aromatic rings. The minimum absolute atomic E-state index is 0.272. The normalized spacial score (nSPS) is 10.3. The summed E-state index contributed by atoms with van der Waals surface area (Å²) < 4.78 is 0. The number of anilines is 2. The van der Waals surface area contributed by atoms with Crippen molar-refractivity contribution in [3.8, 4) is 0 Å². The summed E-state index contributed by atoms with van der Waals surface area (Å²) in [6, 6.07) is 9.42. The first kappa shape index (κ1) is 16.7. The van der Waals surface area contributed by atoms with E-state index in [0.29, 0.717) is 5.82 Å². The van der Waals surface area contributed by atoms with Gasteiger partial charge in [-0.05, 0) is 31.0 Å². The maximum atomic E-state index is 12.0. The van der Waals surface area contributed by atoms with Gasteiger partial charge in [-0.3, -0.25) is 0 Å². The Morgan fingerprint density at radius 2 is 1.87 bits per heavy atom. The summed E-state index contributed by atoms with van der Waals surface area (Å²) in [5.74, 6) is 1.41. The molecular formula is C17H23N5O. The van der Waals surface area contributed by atoms with E-state index in [1.165, 1.54) is 5.56 Å². The molecule has 0 fully saturated rings. The number of hydrogen-bond acceptors (Lipinski definition) is 4. The molecule has 0 aliphatic carbocycles. The van der Waals surface area contributed by atoms with Gasteiger partial charge in [0.15, 0.2) is 0 Å². The molecule has 1 aromatic heterocycles. The first-order chi connectivity index (χ1) is 11.0. The SMILES string of the molecule is CCc1ccc(NC(=O)NCc2nc(C)cc(N(C)C)n2)cc1. The highest BCUT2D eigenvalue weighted by Gasteiger charge is 2.06. The lowest BCUT2D eigenvalue weighted by Crippen LogP contribution is -2.29. The Labute approximate surface area is 137 Å². The summed E-state index contributed by atoms with van der Waals surface area (Å²) in [6.45, 7) is 4.29. The van der Waals surface area contributed by atoms with Gasteiger partial charge in [0.05, 0.1) is 6.54 Å². The van der Waals surface area contributed by atoms with Crippen molar-refractivity contribution in [2.24, 2.45) is 0 Å². The molecule has 0 radical (unpaired) electrons. The third kappa shape index (κ3) is 4.95. The van der Waals surface area contributed by atoms with E-state index in [1.807, 2.05) is 56.3 Å². The fourth-order valence-corrected chi connectivity index (χ4v) is 2.08. The zero-order chi connectivity index (χ0) is 16.8. The predicted octanol–water partition coefficient (Wildman–Crippen LogP) is 2.74. The first-order valence-corrected chi connectivity index (χ1v) is 7.63. The molecule has 0 aliphatic heterocycles. The number of urea groups is 1. The van der Waals surface area contributed by atoms with E-state index in [0.717, 1.165) is 23.6 Å². The monoisotopic (exact) mass is 313 g/mol. The zero-order valence-electron chi connectivity index (χ0n) is 14.1. The van der Waals surface area contributed by atoms with Crippen molar-refractivity contribution in [3.63, 3.8) is 0 Å². The molecule has 6 heteroatoms. The summed E-state index contributed by atoms with van der Waals surface area (Å²) in [5, 5.41) is 5.58. The van der Waals surface area contributed by atoms with Crippen molar-refractivity contribution in [2.75, 3.05) is 24.3 Å². The second kappa shape index (κ2) is 7.58. The molecule has 0 saturated carbocycles. The first-order valence-electron chi connectivity index (χ1n) is 7.63. The van der Waals surface area contributed by atoms with E-state index in [2.05, 4.69) is 27.5 Å². The lowest BCUT2D eigenvalue weighted by atomic mass is 10.1. The lowest BCUT2D eigenvalue weighted by Gasteiger charge is -2.13. The number of carbonyl (C=O) groups is 1. The van der Waals surface area contributed by atoms with Crippen molar-refractivity contribution in [1.29, 1.82) is 0 Å². The minimum atomic E-state index is -0.272. The molecule has 6 nitrogen and oxygen atoms in total. The maximum Gasteiger partial charge on any atom is 0.319 e. The van der Waals surface area contributed by atoms with Gasteiger partial charge < -0.3 is 15.5 Å². The molecule has 1 aromatic carbocycles. The van der Waals surface area contributed by atoms with E-state index in [9.17, 15) is 4.79 Å². The van der Waals surface area contributed by atoms with Crippen LogP contribution in [0.5, 0.6) is 0 Å². The van der Waals surface area contributed by atoms with E-state index in [1.54, 1.807) is 0 Å². The van der Waals surface area contributed by atoms with E-state index in [-0.39, 0.29) is 12.6 Å². The summed E-state index contributed by atoms with van der Waals surface area (Å²) in [7, 11) is 3.84. The van der Waals surface area contributed by atoms with Gasteiger partial charge in [-0.15, -0.1) is 0 Å². The number of aromatic nitrogens is 2. The maximum absolute atomic E-state index is 12.0. The van der Waals surface area contributed by atoms with Gasteiger partial charge in [0.25, 0.3) is 0 Å². The number of benzene rings is 1. The molecular weight excluding hydrogens is 290 g/mol. The van der Waals surface area contributed by atoms with Gasteiger partial charge >= 0.3 is 6.03 Å². The number of nitrogens with one attached hydrogen (secondary N) is 2. The van der Waals surface area contributed by atoms with Crippen LogP contribution >= 0.6 is 0 Å². The number of hydrogen-bond donors (Lipinski definition) is 2. The molecule has 0 spiro atoms. The van der Waals surface area contributed by atoms with Gasteiger partial charge in [-0.2, -0.15) is 0 Å². The van der Waals surface area contributed by atoms with E-state index in [4.69, 9.17) is 0 Å². The highest BCUT2D eigenvalue weighted by molar-refractivity contribution is 5.89. The van der Waals surface area contributed by atoms with Crippen LogP contribution in [0.15, 0.2) is 30.3 Å². The molecule has 2 rings (SSSR count). The van der Waals surface area contributed by atoms with Crippen LogP contribution in [0.2, 0.25) is 0 Å². The number of aryl methyl sites for hydroxylation is 2. The average Bonchev–Trinajstić information content (AvgIpc) is 2.53. The second-order valence-corrected chi connectivity index (χ2v) is 5.54. The lowest BCUT2D eigenvalue weighted by molar-refractivity contribution is 0.251. The Morgan fingerprint density at radius 1 is 1.17 bits per heavy atom. The van der Waals surface area contributed by atoms with Crippen LogP contribution in [0.1, 0.15) is 24.0 Å². The Bertz CT molecular complexity index is 667. The van der Waals surface area contributed by atoms with Gasteiger partial charge in [0, 0.05) is 31.5 Å². The van der Waals surface area contributed by atoms with Crippen molar-refractivity contribution in [1.82, 2.24) is 15.3 Å². The molecule has 2 amide bonds. The smallest absolute Gasteiger partial charge is 0.319 e. The molecule has 0 unspecified atom stereocenters. The van der Waals surface area contributed by atoms with Gasteiger partial charge in [0.1, 0.15) is 11.6 Å². The summed E-state index contributed by atoms with van der Waals surface area (Å²) in [4.78, 5) is 22.6. The number of nitrogens with zero attached hydrogens (tertiary/aromatic N) is 3. The fraction of sp³-hybridized carbons (Fsp3) is 0.353. The topological polar surface area (TPSA) is 70.2 Å². The van der Waals surface area contributed by atoms with Crippen LogP contribution in [-0.2, 0) is 13.0 Å².